The minimum atomic E-state index is 0.395. The van der Waals surface area contributed by atoms with Crippen molar-refractivity contribution in [3.05, 3.63) is 6.33 Å². The molecular weight excluding hydrogens is 296 g/mol. The molecule has 0 atom stereocenters. The minimum absolute atomic E-state index is 0.395. The number of aromatic nitrogens is 4. The predicted molar refractivity (Wildman–Crippen MR) is 94.0 cm³/mol. The van der Waals surface area contributed by atoms with E-state index in [1.807, 2.05) is 25.0 Å². The second-order valence-corrected chi connectivity index (χ2v) is 6.96. The smallest absolute Gasteiger partial charge is 0.188 e. The van der Waals surface area contributed by atoms with Crippen LogP contribution in [-0.4, -0.2) is 38.7 Å². The molecule has 0 saturated heterocycles. The summed E-state index contributed by atoms with van der Waals surface area (Å²) in [5.74, 6) is 0.805. The van der Waals surface area contributed by atoms with Gasteiger partial charge < -0.3 is 14.8 Å². The standard InChI is InChI=1S/C15H22N6S/c1-8(2)21(9(3)4)15-18-11-12-10(17-7-20(12)6)13(16-5)19-14(11)22-15/h7-9H,1-6H3,(H,16,19). The number of rotatable bonds is 4. The first-order valence-electron chi connectivity index (χ1n) is 7.51. The number of pyridine rings is 1. The first-order chi connectivity index (χ1) is 10.4. The first-order valence-corrected chi connectivity index (χ1v) is 8.33. The van der Waals surface area contributed by atoms with E-state index in [9.17, 15) is 0 Å². The van der Waals surface area contributed by atoms with Crippen molar-refractivity contribution in [3.8, 4) is 0 Å². The molecule has 7 heteroatoms. The Hall–Kier alpha value is -1.89. The zero-order valence-electron chi connectivity index (χ0n) is 13.9. The van der Waals surface area contributed by atoms with Crippen molar-refractivity contribution in [2.45, 2.75) is 39.8 Å². The van der Waals surface area contributed by atoms with Gasteiger partial charge in [-0.05, 0) is 27.7 Å². The van der Waals surface area contributed by atoms with Crippen LogP contribution in [0.3, 0.4) is 0 Å². The number of anilines is 2. The largest absolute Gasteiger partial charge is 0.371 e. The quantitative estimate of drug-likeness (QED) is 0.800. The van der Waals surface area contributed by atoms with Crippen LogP contribution in [0, 0.1) is 0 Å². The van der Waals surface area contributed by atoms with Gasteiger partial charge in [0.15, 0.2) is 10.9 Å². The van der Waals surface area contributed by atoms with Crippen LogP contribution in [0.1, 0.15) is 27.7 Å². The number of fused-ring (bicyclic) bond motifs is 3. The van der Waals surface area contributed by atoms with E-state index in [0.29, 0.717) is 12.1 Å². The fraction of sp³-hybridized carbons (Fsp3) is 0.533. The Kier molecular flexibility index (Phi) is 3.68. The summed E-state index contributed by atoms with van der Waals surface area (Å²) in [5.41, 5.74) is 2.83. The average Bonchev–Trinajstić information content (AvgIpc) is 3.00. The molecule has 0 aliphatic rings. The second kappa shape index (κ2) is 5.39. The van der Waals surface area contributed by atoms with Crippen LogP contribution in [0.25, 0.3) is 21.4 Å². The van der Waals surface area contributed by atoms with Gasteiger partial charge in [-0.1, -0.05) is 11.3 Å². The van der Waals surface area contributed by atoms with Crippen LogP contribution in [0.15, 0.2) is 6.33 Å². The highest BCUT2D eigenvalue weighted by atomic mass is 32.1. The number of hydrogen-bond donors (Lipinski definition) is 1. The van der Waals surface area contributed by atoms with Gasteiger partial charge in [-0.3, -0.25) is 0 Å². The van der Waals surface area contributed by atoms with E-state index < -0.39 is 0 Å². The van der Waals surface area contributed by atoms with Crippen LogP contribution < -0.4 is 10.2 Å². The van der Waals surface area contributed by atoms with Crippen LogP contribution >= 0.6 is 11.3 Å². The normalized spacial score (nSPS) is 12.0. The molecule has 0 aliphatic carbocycles. The zero-order chi connectivity index (χ0) is 16.0. The number of nitrogens with one attached hydrogen (secondary N) is 1. The molecule has 118 valence electrons. The maximum Gasteiger partial charge on any atom is 0.188 e. The number of imidazole rings is 1. The Balaban J connectivity index is 2.29. The molecule has 3 aromatic heterocycles. The maximum absolute atomic E-state index is 4.89. The second-order valence-electron chi connectivity index (χ2n) is 6.01. The fourth-order valence-corrected chi connectivity index (χ4v) is 4.10. The summed E-state index contributed by atoms with van der Waals surface area (Å²) in [6.07, 6.45) is 1.81. The Morgan fingerprint density at radius 2 is 1.82 bits per heavy atom. The topological polar surface area (TPSA) is 58.9 Å². The van der Waals surface area contributed by atoms with Crippen molar-refractivity contribution in [2.75, 3.05) is 17.3 Å². The third kappa shape index (κ3) is 2.20. The fourth-order valence-electron chi connectivity index (χ4n) is 2.89. The lowest BCUT2D eigenvalue weighted by molar-refractivity contribution is 0.607. The number of nitrogens with zero attached hydrogens (tertiary/aromatic N) is 5. The lowest BCUT2D eigenvalue weighted by atomic mass is 10.2. The Bertz CT molecular complexity index is 808. The zero-order valence-corrected chi connectivity index (χ0v) is 14.7. The summed E-state index contributed by atoms with van der Waals surface area (Å²) in [6, 6.07) is 0.790. The number of hydrogen-bond acceptors (Lipinski definition) is 6. The van der Waals surface area contributed by atoms with Gasteiger partial charge in [0.1, 0.15) is 21.4 Å². The van der Waals surface area contributed by atoms with Crippen LogP contribution in [0.5, 0.6) is 0 Å². The molecule has 0 amide bonds. The van der Waals surface area contributed by atoms with Crippen molar-refractivity contribution >= 4 is 43.7 Å². The molecule has 0 radical (unpaired) electrons. The average molecular weight is 318 g/mol. The summed E-state index contributed by atoms with van der Waals surface area (Å²) in [6.45, 7) is 8.77. The Morgan fingerprint density at radius 3 is 2.41 bits per heavy atom. The molecule has 1 N–H and O–H groups in total. The molecule has 3 heterocycles. The Labute approximate surface area is 134 Å². The van der Waals surface area contributed by atoms with Gasteiger partial charge in [0.05, 0.1) is 6.33 Å². The van der Waals surface area contributed by atoms with Crippen molar-refractivity contribution in [1.29, 1.82) is 0 Å². The summed E-state index contributed by atoms with van der Waals surface area (Å²) >= 11 is 1.64. The van der Waals surface area contributed by atoms with E-state index in [4.69, 9.17) is 9.97 Å². The van der Waals surface area contributed by atoms with E-state index in [1.165, 1.54) is 0 Å². The number of thiazole rings is 1. The maximum atomic E-state index is 4.89. The molecule has 0 bridgehead atoms. The third-order valence-corrected chi connectivity index (χ3v) is 4.73. The molecule has 6 nitrogen and oxygen atoms in total. The summed E-state index contributed by atoms with van der Waals surface area (Å²) < 4.78 is 2.01. The highest BCUT2D eigenvalue weighted by molar-refractivity contribution is 7.22. The van der Waals surface area contributed by atoms with Crippen LogP contribution in [-0.2, 0) is 7.05 Å². The Morgan fingerprint density at radius 1 is 1.14 bits per heavy atom. The predicted octanol–water partition coefficient (Wildman–Crippen LogP) is 3.24. The minimum Gasteiger partial charge on any atom is -0.371 e. The van der Waals surface area contributed by atoms with E-state index in [2.05, 4.69) is 42.9 Å². The van der Waals surface area contributed by atoms with Crippen molar-refractivity contribution in [3.63, 3.8) is 0 Å². The van der Waals surface area contributed by atoms with Crippen molar-refractivity contribution in [1.82, 2.24) is 19.5 Å². The molecule has 22 heavy (non-hydrogen) atoms. The monoisotopic (exact) mass is 318 g/mol. The van der Waals surface area contributed by atoms with Crippen LogP contribution in [0.4, 0.5) is 10.9 Å². The van der Waals surface area contributed by atoms with Crippen molar-refractivity contribution < 1.29 is 0 Å². The molecular formula is C15H22N6S. The molecule has 0 spiro atoms. The highest BCUT2D eigenvalue weighted by Gasteiger charge is 2.22. The summed E-state index contributed by atoms with van der Waals surface area (Å²) in [5, 5.41) is 4.15. The van der Waals surface area contributed by atoms with Crippen molar-refractivity contribution in [2.24, 2.45) is 7.05 Å². The van der Waals surface area contributed by atoms with E-state index in [1.54, 1.807) is 11.3 Å². The van der Waals surface area contributed by atoms with Gasteiger partial charge >= 0.3 is 0 Å². The summed E-state index contributed by atoms with van der Waals surface area (Å²) in [4.78, 5) is 17.3. The van der Waals surface area contributed by atoms with E-state index in [0.717, 1.165) is 32.3 Å². The molecule has 0 fully saturated rings. The van der Waals surface area contributed by atoms with E-state index >= 15 is 0 Å². The molecule has 0 aromatic carbocycles. The highest BCUT2D eigenvalue weighted by Crippen LogP contribution is 2.35. The molecule has 0 saturated carbocycles. The first kappa shape index (κ1) is 15.0. The van der Waals surface area contributed by atoms with Gasteiger partial charge in [-0.15, -0.1) is 0 Å². The van der Waals surface area contributed by atoms with Gasteiger partial charge in [-0.25, -0.2) is 15.0 Å². The molecule has 3 aromatic rings. The third-order valence-electron chi connectivity index (χ3n) is 3.77. The molecule has 0 aliphatic heterocycles. The van der Waals surface area contributed by atoms with Gasteiger partial charge in [0.25, 0.3) is 0 Å². The lowest BCUT2D eigenvalue weighted by Gasteiger charge is -2.30. The SMILES string of the molecule is CNc1nc2sc(N(C(C)C)C(C)C)nc2c2c1ncn2C. The lowest BCUT2D eigenvalue weighted by Crippen LogP contribution is -2.36. The summed E-state index contributed by atoms with van der Waals surface area (Å²) in [7, 11) is 3.87. The van der Waals surface area contributed by atoms with Gasteiger partial charge in [0.2, 0.25) is 0 Å². The van der Waals surface area contributed by atoms with Gasteiger partial charge in [-0.2, -0.15) is 0 Å². The van der Waals surface area contributed by atoms with Crippen LogP contribution in [0.2, 0.25) is 0 Å². The molecule has 0 unspecified atom stereocenters. The number of aryl methyl sites for hydroxylation is 1. The molecule has 3 rings (SSSR count). The van der Waals surface area contributed by atoms with E-state index in [-0.39, 0.29) is 0 Å². The van der Waals surface area contributed by atoms with Gasteiger partial charge in [0, 0.05) is 26.2 Å².